The van der Waals surface area contributed by atoms with E-state index in [1.165, 1.54) is 0 Å². The molecule has 0 aliphatic carbocycles. The fourth-order valence-electron chi connectivity index (χ4n) is 0.999. The van der Waals surface area contributed by atoms with Gasteiger partial charge in [-0.1, -0.05) is 0 Å². The Morgan fingerprint density at radius 2 is 2.07 bits per heavy atom. The summed E-state index contributed by atoms with van der Waals surface area (Å²) < 4.78 is 36.9. The number of rotatable bonds is 0. The van der Waals surface area contributed by atoms with Crippen molar-refractivity contribution in [2.24, 2.45) is 0 Å². The standard InChI is InChI=1S/C6H2ClF3N4/c7-5-11-1-2-3(6(8,9)10)13-14-4(2)12-5/h1H,(H,11,12,13,14). The van der Waals surface area contributed by atoms with E-state index in [-0.39, 0.29) is 16.3 Å². The molecule has 14 heavy (non-hydrogen) atoms. The lowest BCUT2D eigenvalue weighted by Crippen LogP contribution is -2.05. The van der Waals surface area contributed by atoms with Crippen molar-refractivity contribution >= 4 is 22.6 Å². The van der Waals surface area contributed by atoms with Gasteiger partial charge in [0.05, 0.1) is 5.39 Å². The molecular weight excluding hydrogens is 221 g/mol. The molecule has 74 valence electrons. The van der Waals surface area contributed by atoms with Crippen LogP contribution in [0, 0.1) is 0 Å². The molecule has 0 fully saturated rings. The normalized spacial score (nSPS) is 12.3. The van der Waals surface area contributed by atoms with Gasteiger partial charge >= 0.3 is 6.18 Å². The average Bonchev–Trinajstić information content (AvgIpc) is 2.45. The van der Waals surface area contributed by atoms with Gasteiger partial charge in [-0.05, 0) is 11.6 Å². The summed E-state index contributed by atoms with van der Waals surface area (Å²) in [5.74, 6) is 0. The number of H-pyrrole nitrogens is 1. The molecule has 0 radical (unpaired) electrons. The Balaban J connectivity index is 2.70. The van der Waals surface area contributed by atoms with Crippen molar-refractivity contribution in [1.82, 2.24) is 20.2 Å². The molecule has 0 aliphatic rings. The summed E-state index contributed by atoms with van der Waals surface area (Å²) >= 11 is 5.38. The van der Waals surface area contributed by atoms with E-state index >= 15 is 0 Å². The molecule has 1 N–H and O–H groups in total. The highest BCUT2D eigenvalue weighted by Gasteiger charge is 2.35. The Morgan fingerprint density at radius 1 is 1.36 bits per heavy atom. The summed E-state index contributed by atoms with van der Waals surface area (Å²) in [6, 6.07) is 0. The molecule has 4 nitrogen and oxygen atoms in total. The van der Waals surface area contributed by atoms with Gasteiger partial charge in [-0.25, -0.2) is 4.98 Å². The van der Waals surface area contributed by atoms with E-state index in [1.807, 2.05) is 5.10 Å². The number of hydrogen-bond acceptors (Lipinski definition) is 3. The molecule has 2 rings (SSSR count). The minimum absolute atomic E-state index is 0.0997. The van der Waals surface area contributed by atoms with Crippen LogP contribution < -0.4 is 0 Å². The summed E-state index contributed by atoms with van der Waals surface area (Å²) in [5.41, 5.74) is -1.07. The highest BCUT2D eigenvalue weighted by Crippen LogP contribution is 2.32. The van der Waals surface area contributed by atoms with E-state index in [9.17, 15) is 13.2 Å². The van der Waals surface area contributed by atoms with Crippen LogP contribution in [-0.2, 0) is 6.18 Å². The van der Waals surface area contributed by atoms with Crippen LogP contribution in [0.25, 0.3) is 11.0 Å². The molecule has 0 aromatic carbocycles. The van der Waals surface area contributed by atoms with E-state index in [0.29, 0.717) is 0 Å². The smallest absolute Gasteiger partial charge is 0.271 e. The molecule has 0 unspecified atom stereocenters. The highest BCUT2D eigenvalue weighted by atomic mass is 35.5. The van der Waals surface area contributed by atoms with E-state index in [0.717, 1.165) is 6.20 Å². The Hall–Kier alpha value is -1.37. The Kier molecular flexibility index (Phi) is 1.84. The minimum Gasteiger partial charge on any atom is -0.271 e. The van der Waals surface area contributed by atoms with Crippen molar-refractivity contribution in [2.75, 3.05) is 0 Å². The summed E-state index contributed by atoms with van der Waals surface area (Å²) in [6.45, 7) is 0. The summed E-state index contributed by atoms with van der Waals surface area (Å²) in [7, 11) is 0. The van der Waals surface area contributed by atoms with Crippen molar-refractivity contribution in [3.63, 3.8) is 0 Å². The van der Waals surface area contributed by atoms with E-state index in [1.54, 1.807) is 0 Å². The van der Waals surface area contributed by atoms with Gasteiger partial charge in [-0.2, -0.15) is 23.3 Å². The molecule has 8 heteroatoms. The number of aromatic nitrogens is 4. The Labute approximate surface area is 80.1 Å². The van der Waals surface area contributed by atoms with Crippen LogP contribution >= 0.6 is 11.6 Å². The van der Waals surface area contributed by atoms with Gasteiger partial charge in [0.1, 0.15) is 0 Å². The fraction of sp³-hybridized carbons (Fsp3) is 0.167. The van der Waals surface area contributed by atoms with Gasteiger partial charge in [0.2, 0.25) is 5.28 Å². The van der Waals surface area contributed by atoms with Gasteiger partial charge < -0.3 is 0 Å². The second-order valence-electron chi connectivity index (χ2n) is 2.47. The van der Waals surface area contributed by atoms with E-state index in [4.69, 9.17) is 11.6 Å². The zero-order valence-electron chi connectivity index (χ0n) is 6.43. The molecule has 0 bridgehead atoms. The van der Waals surface area contributed by atoms with Crippen LogP contribution in [0.3, 0.4) is 0 Å². The highest BCUT2D eigenvalue weighted by molar-refractivity contribution is 6.28. The van der Waals surface area contributed by atoms with Gasteiger partial charge in [0.25, 0.3) is 0 Å². The quantitative estimate of drug-likeness (QED) is 0.694. The topological polar surface area (TPSA) is 54.5 Å². The molecule has 0 aliphatic heterocycles. The van der Waals surface area contributed by atoms with Crippen LogP contribution in [0.5, 0.6) is 0 Å². The third-order valence-corrected chi connectivity index (χ3v) is 1.75. The summed E-state index contributed by atoms with van der Waals surface area (Å²) in [6.07, 6.45) is -3.51. The number of nitrogens with zero attached hydrogens (tertiary/aromatic N) is 3. The van der Waals surface area contributed by atoms with Crippen LogP contribution in [0.4, 0.5) is 13.2 Å². The van der Waals surface area contributed by atoms with Gasteiger partial charge in [0.15, 0.2) is 11.3 Å². The Morgan fingerprint density at radius 3 is 2.71 bits per heavy atom. The molecule has 0 saturated carbocycles. The minimum atomic E-state index is -4.49. The van der Waals surface area contributed by atoms with E-state index < -0.39 is 11.9 Å². The van der Waals surface area contributed by atoms with E-state index in [2.05, 4.69) is 15.1 Å². The maximum Gasteiger partial charge on any atom is 0.433 e. The second-order valence-corrected chi connectivity index (χ2v) is 2.81. The fourth-order valence-corrected chi connectivity index (χ4v) is 1.13. The molecule has 0 saturated heterocycles. The second kappa shape index (κ2) is 2.81. The van der Waals surface area contributed by atoms with Crippen LogP contribution in [-0.4, -0.2) is 20.2 Å². The Bertz CT molecular complexity index is 477. The zero-order chi connectivity index (χ0) is 10.3. The molecule has 0 amide bonds. The molecule has 2 heterocycles. The summed E-state index contributed by atoms with van der Waals surface area (Å²) in [5, 5.41) is 4.88. The SMILES string of the molecule is FC(F)(F)c1[nH]nc2nc(Cl)ncc12. The first-order valence-corrected chi connectivity index (χ1v) is 3.80. The lowest BCUT2D eigenvalue weighted by molar-refractivity contribution is -0.139. The van der Waals surface area contributed by atoms with Crippen molar-refractivity contribution in [3.8, 4) is 0 Å². The lowest BCUT2D eigenvalue weighted by atomic mass is 10.3. The van der Waals surface area contributed by atoms with Crippen molar-refractivity contribution in [3.05, 3.63) is 17.2 Å². The van der Waals surface area contributed by atoms with Crippen molar-refractivity contribution in [1.29, 1.82) is 0 Å². The van der Waals surface area contributed by atoms with Crippen LogP contribution in [0.15, 0.2) is 6.20 Å². The van der Waals surface area contributed by atoms with Crippen molar-refractivity contribution in [2.45, 2.75) is 6.18 Å². The first-order valence-electron chi connectivity index (χ1n) is 3.42. The predicted octanol–water partition coefficient (Wildman–Crippen LogP) is 2.03. The monoisotopic (exact) mass is 222 g/mol. The van der Waals surface area contributed by atoms with Crippen LogP contribution in [0.2, 0.25) is 5.28 Å². The largest absolute Gasteiger partial charge is 0.433 e. The third-order valence-electron chi connectivity index (χ3n) is 1.57. The zero-order valence-corrected chi connectivity index (χ0v) is 7.19. The van der Waals surface area contributed by atoms with Gasteiger partial charge in [0, 0.05) is 6.20 Å². The number of hydrogen-bond donors (Lipinski definition) is 1. The third kappa shape index (κ3) is 1.39. The van der Waals surface area contributed by atoms with Gasteiger partial charge in [-0.15, -0.1) is 0 Å². The maximum atomic E-state index is 12.3. The number of alkyl halides is 3. The molecular formula is C6H2ClF3N4. The molecule has 0 atom stereocenters. The lowest BCUT2D eigenvalue weighted by Gasteiger charge is -2.01. The number of halogens is 4. The number of nitrogens with one attached hydrogen (secondary N) is 1. The molecule has 2 aromatic heterocycles. The van der Waals surface area contributed by atoms with Crippen LogP contribution in [0.1, 0.15) is 5.69 Å². The molecule has 2 aromatic rings. The average molecular weight is 223 g/mol. The number of aromatic amines is 1. The molecule has 0 spiro atoms. The number of fused-ring (bicyclic) bond motifs is 1. The van der Waals surface area contributed by atoms with Gasteiger partial charge in [-0.3, -0.25) is 5.10 Å². The predicted molar refractivity (Wildman–Crippen MR) is 41.7 cm³/mol. The van der Waals surface area contributed by atoms with Crippen molar-refractivity contribution < 1.29 is 13.2 Å². The maximum absolute atomic E-state index is 12.3. The first-order chi connectivity index (χ1) is 6.48. The summed E-state index contributed by atoms with van der Waals surface area (Å²) in [4.78, 5) is 6.97. The first kappa shape index (κ1) is 9.20.